The van der Waals surface area contributed by atoms with Gasteiger partial charge in [0.1, 0.15) is 6.10 Å². The standard InChI is InChI=1S/C10H10O2S/c1-3-5-9(12-8(2)11)10-6-4-7-13-10/h1,4,6-7,9H,5H2,2H3/t9-/m0/s1. The second-order valence-electron chi connectivity index (χ2n) is 2.52. The number of carbonyl (C=O) groups excluding carboxylic acids is 1. The van der Waals surface area contributed by atoms with Gasteiger partial charge in [-0.25, -0.2) is 0 Å². The van der Waals surface area contributed by atoms with Crippen LogP contribution in [-0.2, 0) is 9.53 Å². The first-order valence-corrected chi connectivity index (χ1v) is 4.76. The predicted molar refractivity (Wildman–Crippen MR) is 52.3 cm³/mol. The molecule has 68 valence electrons. The lowest BCUT2D eigenvalue weighted by Crippen LogP contribution is -2.06. The molecule has 0 amide bonds. The van der Waals surface area contributed by atoms with Crippen molar-refractivity contribution in [1.29, 1.82) is 0 Å². The number of ether oxygens (including phenoxy) is 1. The number of thiophene rings is 1. The highest BCUT2D eigenvalue weighted by Gasteiger charge is 2.13. The Kier molecular flexibility index (Phi) is 3.53. The maximum absolute atomic E-state index is 10.7. The first kappa shape index (κ1) is 9.82. The SMILES string of the molecule is C#CC[C@H](OC(C)=O)c1cccs1. The van der Waals surface area contributed by atoms with Gasteiger partial charge in [0, 0.05) is 11.8 Å². The Bertz CT molecular complexity index is 308. The molecule has 1 heterocycles. The molecule has 0 aliphatic carbocycles. The molecule has 1 aromatic rings. The minimum absolute atomic E-state index is 0.275. The van der Waals surface area contributed by atoms with Crippen LogP contribution in [0.1, 0.15) is 24.3 Å². The maximum atomic E-state index is 10.7. The number of hydrogen-bond acceptors (Lipinski definition) is 3. The van der Waals surface area contributed by atoms with E-state index < -0.39 is 0 Å². The van der Waals surface area contributed by atoms with Crippen LogP contribution in [0.25, 0.3) is 0 Å². The molecule has 0 aliphatic rings. The molecule has 0 aromatic carbocycles. The van der Waals surface area contributed by atoms with E-state index in [9.17, 15) is 4.79 Å². The highest BCUT2D eigenvalue weighted by atomic mass is 32.1. The summed E-state index contributed by atoms with van der Waals surface area (Å²) >= 11 is 1.54. The van der Waals surface area contributed by atoms with Gasteiger partial charge < -0.3 is 4.74 Å². The highest BCUT2D eigenvalue weighted by Crippen LogP contribution is 2.25. The molecule has 0 unspecified atom stereocenters. The van der Waals surface area contributed by atoms with Gasteiger partial charge in [-0.2, -0.15) is 0 Å². The van der Waals surface area contributed by atoms with Gasteiger partial charge in [0.2, 0.25) is 0 Å². The average Bonchev–Trinajstić information content (AvgIpc) is 2.54. The minimum atomic E-state index is -0.298. The van der Waals surface area contributed by atoms with Crippen LogP contribution in [0.15, 0.2) is 17.5 Å². The molecule has 1 aromatic heterocycles. The quantitative estimate of drug-likeness (QED) is 0.545. The second-order valence-corrected chi connectivity index (χ2v) is 3.50. The summed E-state index contributed by atoms with van der Waals surface area (Å²) in [5, 5.41) is 1.93. The highest BCUT2D eigenvalue weighted by molar-refractivity contribution is 7.10. The Hall–Kier alpha value is -1.27. The molecule has 0 saturated carbocycles. The van der Waals surface area contributed by atoms with Gasteiger partial charge >= 0.3 is 5.97 Å². The molecule has 0 radical (unpaired) electrons. The Labute approximate surface area is 81.5 Å². The van der Waals surface area contributed by atoms with Gasteiger partial charge in [-0.05, 0) is 11.4 Å². The Morgan fingerprint density at radius 2 is 2.62 bits per heavy atom. The summed E-state index contributed by atoms with van der Waals surface area (Å²) in [7, 11) is 0. The summed E-state index contributed by atoms with van der Waals surface area (Å²) in [4.78, 5) is 11.7. The van der Waals surface area contributed by atoms with Crippen molar-refractivity contribution in [2.45, 2.75) is 19.4 Å². The van der Waals surface area contributed by atoms with E-state index in [-0.39, 0.29) is 12.1 Å². The smallest absolute Gasteiger partial charge is 0.303 e. The lowest BCUT2D eigenvalue weighted by Gasteiger charge is -2.11. The van der Waals surface area contributed by atoms with Crippen LogP contribution in [0.5, 0.6) is 0 Å². The monoisotopic (exact) mass is 194 g/mol. The summed E-state index contributed by atoms with van der Waals surface area (Å²) in [5.74, 6) is 2.19. The molecular formula is C10H10O2S. The summed E-state index contributed by atoms with van der Waals surface area (Å²) in [5.41, 5.74) is 0. The topological polar surface area (TPSA) is 26.3 Å². The van der Waals surface area contributed by atoms with E-state index in [1.54, 1.807) is 11.3 Å². The fourth-order valence-electron chi connectivity index (χ4n) is 0.982. The lowest BCUT2D eigenvalue weighted by molar-refractivity contribution is -0.146. The van der Waals surface area contributed by atoms with E-state index in [2.05, 4.69) is 5.92 Å². The van der Waals surface area contributed by atoms with E-state index in [1.807, 2.05) is 17.5 Å². The molecule has 0 fully saturated rings. The van der Waals surface area contributed by atoms with Crippen molar-refractivity contribution in [3.05, 3.63) is 22.4 Å². The van der Waals surface area contributed by atoms with Crippen LogP contribution in [0.3, 0.4) is 0 Å². The van der Waals surface area contributed by atoms with Gasteiger partial charge in [-0.1, -0.05) is 6.07 Å². The Morgan fingerprint density at radius 3 is 3.08 bits per heavy atom. The van der Waals surface area contributed by atoms with E-state index in [0.29, 0.717) is 6.42 Å². The molecule has 0 saturated heterocycles. The van der Waals surface area contributed by atoms with E-state index in [4.69, 9.17) is 11.2 Å². The number of hydrogen-bond donors (Lipinski definition) is 0. The van der Waals surface area contributed by atoms with Crippen LogP contribution < -0.4 is 0 Å². The first-order valence-electron chi connectivity index (χ1n) is 3.88. The normalized spacial score (nSPS) is 11.7. The zero-order valence-electron chi connectivity index (χ0n) is 7.32. The summed E-state index contributed by atoms with van der Waals surface area (Å²) in [6, 6.07) is 3.82. The number of carbonyl (C=O) groups is 1. The van der Waals surface area contributed by atoms with Gasteiger partial charge in [0.25, 0.3) is 0 Å². The summed E-state index contributed by atoms with van der Waals surface area (Å²) in [6.07, 6.45) is 5.33. The molecule has 13 heavy (non-hydrogen) atoms. The summed E-state index contributed by atoms with van der Waals surface area (Å²) in [6.45, 7) is 1.39. The van der Waals surface area contributed by atoms with E-state index in [1.165, 1.54) is 6.92 Å². The van der Waals surface area contributed by atoms with Crippen molar-refractivity contribution in [3.8, 4) is 12.3 Å². The average molecular weight is 194 g/mol. The molecular weight excluding hydrogens is 184 g/mol. The van der Waals surface area contributed by atoms with E-state index in [0.717, 1.165) is 4.88 Å². The molecule has 0 bridgehead atoms. The second kappa shape index (κ2) is 4.68. The Morgan fingerprint density at radius 1 is 1.85 bits per heavy atom. The largest absolute Gasteiger partial charge is 0.456 e. The summed E-state index contributed by atoms with van der Waals surface area (Å²) < 4.78 is 5.06. The number of rotatable bonds is 3. The van der Waals surface area contributed by atoms with Crippen molar-refractivity contribution in [1.82, 2.24) is 0 Å². The fourth-order valence-corrected chi connectivity index (χ4v) is 1.74. The molecule has 1 atom stereocenters. The minimum Gasteiger partial charge on any atom is -0.456 e. The Balaban J connectivity index is 2.69. The van der Waals surface area contributed by atoms with Crippen LogP contribution in [-0.4, -0.2) is 5.97 Å². The van der Waals surface area contributed by atoms with Crippen LogP contribution in [0, 0.1) is 12.3 Å². The maximum Gasteiger partial charge on any atom is 0.303 e. The molecule has 2 nitrogen and oxygen atoms in total. The van der Waals surface area contributed by atoms with Crippen molar-refractivity contribution < 1.29 is 9.53 Å². The van der Waals surface area contributed by atoms with Gasteiger partial charge in [0.05, 0.1) is 6.42 Å². The van der Waals surface area contributed by atoms with Gasteiger partial charge in [0.15, 0.2) is 0 Å². The molecule has 0 spiro atoms. The zero-order chi connectivity index (χ0) is 9.68. The van der Waals surface area contributed by atoms with Crippen LogP contribution >= 0.6 is 11.3 Å². The number of esters is 1. The fraction of sp³-hybridized carbons (Fsp3) is 0.300. The van der Waals surface area contributed by atoms with Crippen LogP contribution in [0.2, 0.25) is 0 Å². The van der Waals surface area contributed by atoms with Gasteiger partial charge in [-0.15, -0.1) is 23.7 Å². The molecule has 0 N–H and O–H groups in total. The van der Waals surface area contributed by atoms with Crippen molar-refractivity contribution >= 4 is 17.3 Å². The third-order valence-electron chi connectivity index (χ3n) is 1.47. The lowest BCUT2D eigenvalue weighted by atomic mass is 10.2. The van der Waals surface area contributed by atoms with Gasteiger partial charge in [-0.3, -0.25) is 4.79 Å². The first-order chi connectivity index (χ1) is 6.24. The predicted octanol–water partition coefficient (Wildman–Crippen LogP) is 2.38. The third-order valence-corrected chi connectivity index (χ3v) is 2.44. The third kappa shape index (κ3) is 2.92. The van der Waals surface area contributed by atoms with Crippen molar-refractivity contribution in [2.75, 3.05) is 0 Å². The van der Waals surface area contributed by atoms with E-state index >= 15 is 0 Å². The zero-order valence-corrected chi connectivity index (χ0v) is 8.14. The number of terminal acetylenes is 1. The van der Waals surface area contributed by atoms with Crippen molar-refractivity contribution in [3.63, 3.8) is 0 Å². The molecule has 1 rings (SSSR count). The molecule has 0 aliphatic heterocycles. The molecule has 3 heteroatoms. The van der Waals surface area contributed by atoms with Crippen LogP contribution in [0.4, 0.5) is 0 Å². The van der Waals surface area contributed by atoms with Crippen molar-refractivity contribution in [2.24, 2.45) is 0 Å².